The molecule has 0 aliphatic rings. The fraction of sp³-hybridized carbons (Fsp3) is 0.0625. The van der Waals surface area contributed by atoms with E-state index in [1.54, 1.807) is 24.7 Å². The molecule has 0 N–H and O–H groups in total. The molecule has 0 bridgehead atoms. The molecule has 3 heterocycles. The van der Waals surface area contributed by atoms with E-state index in [9.17, 15) is 13.2 Å². The van der Waals surface area contributed by atoms with Gasteiger partial charge in [-0.1, -0.05) is 6.07 Å². The topological polar surface area (TPSA) is 52.3 Å². The van der Waals surface area contributed by atoms with Crippen LogP contribution < -0.4 is 4.74 Å². The van der Waals surface area contributed by atoms with Gasteiger partial charge in [-0.25, -0.2) is 9.50 Å². The van der Waals surface area contributed by atoms with E-state index >= 15 is 0 Å². The maximum absolute atomic E-state index is 12.7. The first kappa shape index (κ1) is 15.6. The molecule has 0 aliphatic heterocycles. The van der Waals surface area contributed by atoms with Crippen LogP contribution in [0.2, 0.25) is 0 Å². The van der Waals surface area contributed by atoms with Crippen LogP contribution in [0.1, 0.15) is 5.56 Å². The first-order valence-electron chi connectivity index (χ1n) is 7.11. The van der Waals surface area contributed by atoms with Gasteiger partial charge in [0.2, 0.25) is 4.96 Å². The minimum Gasteiger partial charge on any atom is -0.430 e. The summed E-state index contributed by atoms with van der Waals surface area (Å²) in [4.78, 5) is 9.03. The number of fused-ring (bicyclic) bond motifs is 1. The van der Waals surface area contributed by atoms with Crippen molar-refractivity contribution in [2.75, 3.05) is 0 Å². The number of nitrogens with zero attached hydrogens (tertiary/aromatic N) is 4. The van der Waals surface area contributed by atoms with Gasteiger partial charge in [0, 0.05) is 18.0 Å². The summed E-state index contributed by atoms with van der Waals surface area (Å²) in [6, 6.07) is 8.34. The molecule has 9 heteroatoms. The van der Waals surface area contributed by atoms with E-state index < -0.39 is 11.7 Å². The molecule has 4 aromatic rings. The maximum Gasteiger partial charge on any atom is 0.416 e. The van der Waals surface area contributed by atoms with Crippen LogP contribution in [0.4, 0.5) is 13.2 Å². The molecule has 0 radical (unpaired) electrons. The number of pyridine rings is 1. The Morgan fingerprint density at radius 3 is 2.72 bits per heavy atom. The predicted molar refractivity (Wildman–Crippen MR) is 85.6 cm³/mol. The summed E-state index contributed by atoms with van der Waals surface area (Å²) in [6.45, 7) is 0. The molecule has 0 saturated carbocycles. The lowest BCUT2D eigenvalue weighted by molar-refractivity contribution is -0.137. The molecule has 4 rings (SSSR count). The molecule has 0 aliphatic carbocycles. The van der Waals surface area contributed by atoms with Gasteiger partial charge in [-0.3, -0.25) is 4.98 Å². The number of alkyl halides is 3. The van der Waals surface area contributed by atoms with E-state index in [-0.39, 0.29) is 10.9 Å². The second-order valence-corrected chi connectivity index (χ2v) is 6.01. The van der Waals surface area contributed by atoms with E-state index in [1.807, 2.05) is 6.07 Å². The Morgan fingerprint density at radius 2 is 2.00 bits per heavy atom. The average molecular weight is 362 g/mol. The Bertz CT molecular complexity index is 995. The van der Waals surface area contributed by atoms with Gasteiger partial charge in [-0.2, -0.15) is 13.2 Å². The standard InChI is InChI=1S/C16H9F3N4OS/c17-16(18,19)11-4-1-5-12(7-11)24-15-22-23-9-13(21-14(23)25-15)10-3-2-6-20-8-10/h1-9H. The lowest BCUT2D eigenvalue weighted by Crippen LogP contribution is -2.04. The molecule has 0 unspecified atom stereocenters. The Morgan fingerprint density at radius 1 is 1.12 bits per heavy atom. The summed E-state index contributed by atoms with van der Waals surface area (Å²) < 4.78 is 45.2. The molecule has 126 valence electrons. The predicted octanol–water partition coefficient (Wildman–Crippen LogP) is 4.66. The third-order valence-electron chi connectivity index (χ3n) is 3.35. The molecule has 5 nitrogen and oxygen atoms in total. The van der Waals surface area contributed by atoms with Crippen molar-refractivity contribution >= 4 is 16.3 Å². The molecule has 1 aromatic carbocycles. The van der Waals surface area contributed by atoms with E-state index in [0.717, 1.165) is 29.0 Å². The van der Waals surface area contributed by atoms with Crippen LogP contribution in [-0.2, 0) is 6.18 Å². The lowest BCUT2D eigenvalue weighted by atomic mass is 10.2. The van der Waals surface area contributed by atoms with Crippen LogP contribution in [0, 0.1) is 0 Å². The average Bonchev–Trinajstić information content (AvgIpc) is 3.13. The van der Waals surface area contributed by atoms with Crippen LogP contribution in [0.3, 0.4) is 0 Å². The minimum atomic E-state index is -4.42. The summed E-state index contributed by atoms with van der Waals surface area (Å²) in [5.74, 6) is 0.0688. The van der Waals surface area contributed by atoms with Gasteiger partial charge in [0.25, 0.3) is 5.19 Å². The number of halogens is 3. The Balaban J connectivity index is 1.60. The van der Waals surface area contributed by atoms with E-state index in [0.29, 0.717) is 10.7 Å². The number of hydrogen-bond acceptors (Lipinski definition) is 5. The van der Waals surface area contributed by atoms with Gasteiger partial charge in [-0.15, -0.1) is 5.10 Å². The third-order valence-corrected chi connectivity index (χ3v) is 4.15. The number of aromatic nitrogens is 4. The largest absolute Gasteiger partial charge is 0.430 e. The highest BCUT2D eigenvalue weighted by Gasteiger charge is 2.30. The Labute approximate surface area is 143 Å². The van der Waals surface area contributed by atoms with Crippen molar-refractivity contribution in [3.8, 4) is 22.2 Å². The van der Waals surface area contributed by atoms with Gasteiger partial charge in [0.1, 0.15) is 5.75 Å². The highest BCUT2D eigenvalue weighted by Crippen LogP contribution is 2.34. The van der Waals surface area contributed by atoms with Gasteiger partial charge < -0.3 is 4.74 Å². The van der Waals surface area contributed by atoms with Gasteiger partial charge in [-0.05, 0) is 41.7 Å². The van der Waals surface area contributed by atoms with Crippen molar-refractivity contribution in [3.63, 3.8) is 0 Å². The molecule has 0 fully saturated rings. The summed E-state index contributed by atoms with van der Waals surface area (Å²) in [7, 11) is 0. The van der Waals surface area contributed by atoms with Gasteiger partial charge in [0.15, 0.2) is 0 Å². The lowest BCUT2D eigenvalue weighted by Gasteiger charge is -2.08. The summed E-state index contributed by atoms with van der Waals surface area (Å²) >= 11 is 1.14. The van der Waals surface area contributed by atoms with E-state index in [2.05, 4.69) is 15.1 Å². The summed E-state index contributed by atoms with van der Waals surface area (Å²) in [5.41, 5.74) is 0.781. The molecule has 0 amide bonds. The first-order valence-corrected chi connectivity index (χ1v) is 7.92. The van der Waals surface area contributed by atoms with Crippen molar-refractivity contribution in [2.24, 2.45) is 0 Å². The van der Waals surface area contributed by atoms with Gasteiger partial charge >= 0.3 is 6.18 Å². The highest BCUT2D eigenvalue weighted by atomic mass is 32.1. The molecular formula is C16H9F3N4OS. The molecule has 0 spiro atoms. The molecule has 0 atom stereocenters. The van der Waals surface area contributed by atoms with Gasteiger partial charge in [0.05, 0.1) is 17.5 Å². The fourth-order valence-electron chi connectivity index (χ4n) is 2.21. The van der Waals surface area contributed by atoms with Crippen molar-refractivity contribution in [1.82, 2.24) is 19.6 Å². The number of rotatable bonds is 3. The zero-order valence-corrected chi connectivity index (χ0v) is 13.3. The smallest absolute Gasteiger partial charge is 0.416 e. The number of imidazole rings is 1. The number of benzene rings is 1. The van der Waals surface area contributed by atoms with Crippen LogP contribution in [0.5, 0.6) is 10.9 Å². The number of ether oxygens (including phenoxy) is 1. The molecule has 25 heavy (non-hydrogen) atoms. The van der Waals surface area contributed by atoms with Crippen LogP contribution >= 0.6 is 11.3 Å². The zero-order valence-electron chi connectivity index (χ0n) is 12.4. The maximum atomic E-state index is 12.7. The van der Waals surface area contributed by atoms with Crippen molar-refractivity contribution in [1.29, 1.82) is 0 Å². The summed E-state index contributed by atoms with van der Waals surface area (Å²) in [6.07, 6.45) is 0.644. The Hall–Kier alpha value is -2.94. The molecule has 3 aromatic heterocycles. The fourth-order valence-corrected chi connectivity index (χ4v) is 2.97. The number of hydrogen-bond donors (Lipinski definition) is 0. The Kier molecular flexibility index (Phi) is 3.65. The SMILES string of the molecule is FC(F)(F)c1cccc(Oc2nn3cc(-c4cccnc4)nc3s2)c1. The monoisotopic (exact) mass is 362 g/mol. The summed E-state index contributed by atoms with van der Waals surface area (Å²) in [5, 5.41) is 4.40. The van der Waals surface area contributed by atoms with Crippen LogP contribution in [-0.4, -0.2) is 19.6 Å². The third kappa shape index (κ3) is 3.18. The van der Waals surface area contributed by atoms with E-state index in [1.165, 1.54) is 16.6 Å². The molecule has 0 saturated heterocycles. The van der Waals surface area contributed by atoms with Crippen molar-refractivity contribution in [3.05, 3.63) is 60.6 Å². The highest BCUT2D eigenvalue weighted by molar-refractivity contribution is 7.18. The quantitative estimate of drug-likeness (QED) is 0.532. The second kappa shape index (κ2) is 5.85. The molecular weight excluding hydrogens is 353 g/mol. The van der Waals surface area contributed by atoms with Crippen molar-refractivity contribution < 1.29 is 17.9 Å². The van der Waals surface area contributed by atoms with E-state index in [4.69, 9.17) is 4.74 Å². The minimum absolute atomic E-state index is 0.0688. The van der Waals surface area contributed by atoms with Crippen LogP contribution in [0.25, 0.3) is 16.2 Å². The zero-order chi connectivity index (χ0) is 17.4. The normalized spacial score (nSPS) is 11.8. The van der Waals surface area contributed by atoms with Crippen LogP contribution in [0.15, 0.2) is 55.0 Å². The second-order valence-electron chi connectivity index (χ2n) is 5.09. The van der Waals surface area contributed by atoms with Crippen molar-refractivity contribution in [2.45, 2.75) is 6.18 Å². The first-order chi connectivity index (χ1) is 12.0.